The Hall–Kier alpha value is -1.40. The summed E-state index contributed by atoms with van der Waals surface area (Å²) in [5, 5.41) is 0.577. The third-order valence-electron chi connectivity index (χ3n) is 4.57. The largest absolute Gasteiger partial charge is 0.372 e. The maximum absolute atomic E-state index is 12.8. The maximum Gasteiger partial charge on any atom is 0.240 e. The Morgan fingerprint density at radius 2 is 1.72 bits per heavy atom. The van der Waals surface area contributed by atoms with Gasteiger partial charge in [-0.2, -0.15) is 0 Å². The predicted octanol–water partition coefficient (Wildman–Crippen LogP) is 4.11. The summed E-state index contributed by atoms with van der Waals surface area (Å²) in [6, 6.07) is 10.8. The standard InChI is InChI=1S/C19H24ClNO3S/c1-13-9-15(3)18(10-14(13)2)25(22,23)21-12-19(4,24-5)16-7-6-8-17(20)11-16/h6-11,21H,12H2,1-5H3. The third kappa shape index (κ3) is 4.42. The van der Waals surface area contributed by atoms with E-state index in [9.17, 15) is 8.42 Å². The van der Waals surface area contributed by atoms with Crippen molar-refractivity contribution in [3.8, 4) is 0 Å². The van der Waals surface area contributed by atoms with E-state index in [-0.39, 0.29) is 6.54 Å². The quantitative estimate of drug-likeness (QED) is 0.819. The Kier molecular flexibility index (Phi) is 5.94. The zero-order valence-electron chi connectivity index (χ0n) is 15.2. The lowest BCUT2D eigenvalue weighted by Gasteiger charge is -2.29. The average molecular weight is 382 g/mol. The zero-order chi connectivity index (χ0) is 18.8. The lowest BCUT2D eigenvalue weighted by atomic mass is 9.96. The second-order valence-electron chi connectivity index (χ2n) is 6.47. The normalized spacial score (nSPS) is 14.3. The van der Waals surface area contributed by atoms with E-state index < -0.39 is 15.6 Å². The number of sulfonamides is 1. The summed E-state index contributed by atoms with van der Waals surface area (Å²) >= 11 is 6.05. The summed E-state index contributed by atoms with van der Waals surface area (Å²) in [4.78, 5) is 0.292. The van der Waals surface area contributed by atoms with Gasteiger partial charge in [-0.3, -0.25) is 0 Å². The first-order chi connectivity index (χ1) is 11.6. The molecule has 0 fully saturated rings. The Labute approximate surface area is 155 Å². The minimum Gasteiger partial charge on any atom is -0.372 e. The Morgan fingerprint density at radius 1 is 1.08 bits per heavy atom. The fourth-order valence-corrected chi connectivity index (χ4v) is 4.27. The molecule has 2 rings (SSSR count). The highest BCUT2D eigenvalue weighted by Gasteiger charge is 2.29. The molecule has 0 radical (unpaired) electrons. The van der Waals surface area contributed by atoms with Crippen molar-refractivity contribution in [2.75, 3.05) is 13.7 Å². The monoisotopic (exact) mass is 381 g/mol. The molecule has 1 unspecified atom stereocenters. The van der Waals surface area contributed by atoms with Crippen molar-refractivity contribution in [2.24, 2.45) is 0 Å². The average Bonchev–Trinajstić information content (AvgIpc) is 2.56. The summed E-state index contributed by atoms with van der Waals surface area (Å²) in [7, 11) is -2.10. The van der Waals surface area contributed by atoms with Crippen LogP contribution < -0.4 is 4.72 Å². The van der Waals surface area contributed by atoms with Crippen molar-refractivity contribution in [2.45, 2.75) is 38.2 Å². The molecule has 2 aromatic carbocycles. The van der Waals surface area contributed by atoms with Crippen LogP contribution in [-0.2, 0) is 20.4 Å². The van der Waals surface area contributed by atoms with Gasteiger partial charge in [-0.15, -0.1) is 0 Å². The topological polar surface area (TPSA) is 55.4 Å². The second-order valence-corrected chi connectivity index (χ2v) is 8.64. The summed E-state index contributed by atoms with van der Waals surface area (Å²) in [5.41, 5.74) is 2.71. The summed E-state index contributed by atoms with van der Waals surface area (Å²) in [6.45, 7) is 7.59. The van der Waals surface area contributed by atoms with E-state index in [0.717, 1.165) is 22.3 Å². The van der Waals surface area contributed by atoms with Crippen LogP contribution in [0.4, 0.5) is 0 Å². The molecule has 1 atom stereocenters. The fourth-order valence-electron chi connectivity index (χ4n) is 2.64. The van der Waals surface area contributed by atoms with Crippen LogP contribution in [0.3, 0.4) is 0 Å². The van der Waals surface area contributed by atoms with Crippen LogP contribution in [0, 0.1) is 20.8 Å². The van der Waals surface area contributed by atoms with Crippen LogP contribution in [0.15, 0.2) is 41.3 Å². The van der Waals surface area contributed by atoms with E-state index in [1.54, 1.807) is 32.2 Å². The number of benzene rings is 2. The van der Waals surface area contributed by atoms with E-state index >= 15 is 0 Å². The number of ether oxygens (including phenoxy) is 1. The van der Waals surface area contributed by atoms with Crippen LogP contribution >= 0.6 is 11.6 Å². The highest BCUT2D eigenvalue weighted by Crippen LogP contribution is 2.27. The number of aryl methyl sites for hydroxylation is 3. The number of halogens is 1. The highest BCUT2D eigenvalue weighted by atomic mass is 35.5. The number of hydrogen-bond donors (Lipinski definition) is 1. The van der Waals surface area contributed by atoms with E-state index in [1.807, 2.05) is 39.0 Å². The van der Waals surface area contributed by atoms with Crippen molar-refractivity contribution in [3.05, 3.63) is 63.7 Å². The number of nitrogens with one attached hydrogen (secondary N) is 1. The minimum absolute atomic E-state index is 0.0958. The molecule has 0 aromatic heterocycles. The van der Waals surface area contributed by atoms with E-state index in [0.29, 0.717) is 9.92 Å². The van der Waals surface area contributed by atoms with Gasteiger partial charge in [-0.25, -0.2) is 13.1 Å². The van der Waals surface area contributed by atoms with Crippen molar-refractivity contribution in [1.29, 1.82) is 0 Å². The maximum atomic E-state index is 12.8. The smallest absolute Gasteiger partial charge is 0.240 e. The first kappa shape index (κ1) is 19.9. The summed E-state index contributed by atoms with van der Waals surface area (Å²) in [5.74, 6) is 0. The number of methoxy groups -OCH3 is 1. The fraction of sp³-hybridized carbons (Fsp3) is 0.368. The molecule has 6 heteroatoms. The van der Waals surface area contributed by atoms with Crippen molar-refractivity contribution in [3.63, 3.8) is 0 Å². The van der Waals surface area contributed by atoms with E-state index in [1.165, 1.54) is 0 Å². The van der Waals surface area contributed by atoms with Crippen LogP contribution in [0.2, 0.25) is 5.02 Å². The lowest BCUT2D eigenvalue weighted by Crippen LogP contribution is -2.40. The third-order valence-corrected chi connectivity index (χ3v) is 6.34. The van der Waals surface area contributed by atoms with Crippen LogP contribution in [0.25, 0.3) is 0 Å². The molecule has 136 valence electrons. The SMILES string of the molecule is COC(C)(CNS(=O)(=O)c1cc(C)c(C)cc1C)c1cccc(Cl)c1. The molecule has 0 aliphatic carbocycles. The molecular weight excluding hydrogens is 358 g/mol. The van der Waals surface area contributed by atoms with Gasteiger partial charge in [0.25, 0.3) is 0 Å². The molecule has 4 nitrogen and oxygen atoms in total. The van der Waals surface area contributed by atoms with Gasteiger partial charge in [0.2, 0.25) is 10.0 Å². The van der Waals surface area contributed by atoms with Gasteiger partial charge in [-0.1, -0.05) is 29.8 Å². The molecule has 0 saturated carbocycles. The molecule has 2 aromatic rings. The molecular formula is C19H24ClNO3S. The lowest BCUT2D eigenvalue weighted by molar-refractivity contribution is 0.00698. The predicted molar refractivity (Wildman–Crippen MR) is 102 cm³/mol. The molecule has 0 amide bonds. The Morgan fingerprint density at radius 3 is 2.32 bits per heavy atom. The first-order valence-electron chi connectivity index (χ1n) is 7.98. The molecule has 0 aliphatic rings. The number of rotatable bonds is 6. The van der Waals surface area contributed by atoms with E-state index in [4.69, 9.17) is 16.3 Å². The van der Waals surface area contributed by atoms with Crippen LogP contribution in [0.5, 0.6) is 0 Å². The Bertz CT molecular complexity index is 880. The summed E-state index contributed by atoms with van der Waals surface area (Å²) < 4.78 is 33.8. The molecule has 1 N–H and O–H groups in total. The minimum atomic E-state index is -3.65. The highest BCUT2D eigenvalue weighted by molar-refractivity contribution is 7.89. The van der Waals surface area contributed by atoms with Gasteiger partial charge in [0.05, 0.1) is 4.90 Å². The molecule has 0 bridgehead atoms. The van der Waals surface area contributed by atoms with Crippen molar-refractivity contribution < 1.29 is 13.2 Å². The van der Waals surface area contributed by atoms with Gasteiger partial charge in [0.1, 0.15) is 5.60 Å². The van der Waals surface area contributed by atoms with E-state index in [2.05, 4.69) is 4.72 Å². The van der Waals surface area contributed by atoms with Crippen LogP contribution in [0.1, 0.15) is 29.2 Å². The van der Waals surface area contributed by atoms with Crippen molar-refractivity contribution >= 4 is 21.6 Å². The molecule has 0 heterocycles. The molecule has 0 saturated heterocycles. The van der Waals surface area contributed by atoms with Gasteiger partial charge < -0.3 is 4.74 Å². The summed E-state index contributed by atoms with van der Waals surface area (Å²) in [6.07, 6.45) is 0. The van der Waals surface area contributed by atoms with Gasteiger partial charge >= 0.3 is 0 Å². The van der Waals surface area contributed by atoms with Gasteiger partial charge in [0, 0.05) is 18.7 Å². The van der Waals surface area contributed by atoms with Crippen LogP contribution in [-0.4, -0.2) is 22.1 Å². The number of hydrogen-bond acceptors (Lipinski definition) is 3. The molecule has 0 spiro atoms. The van der Waals surface area contributed by atoms with Gasteiger partial charge in [-0.05, 0) is 68.1 Å². The second kappa shape index (κ2) is 7.46. The molecule has 0 aliphatic heterocycles. The first-order valence-corrected chi connectivity index (χ1v) is 9.84. The Balaban J connectivity index is 2.30. The van der Waals surface area contributed by atoms with Gasteiger partial charge in [0.15, 0.2) is 0 Å². The van der Waals surface area contributed by atoms with Crippen molar-refractivity contribution in [1.82, 2.24) is 4.72 Å². The molecule has 25 heavy (non-hydrogen) atoms. The zero-order valence-corrected chi connectivity index (χ0v) is 16.8.